The summed E-state index contributed by atoms with van der Waals surface area (Å²) >= 11 is 0. The van der Waals surface area contributed by atoms with Gasteiger partial charge in [0.1, 0.15) is 5.69 Å². The summed E-state index contributed by atoms with van der Waals surface area (Å²) in [4.78, 5) is 29.3. The van der Waals surface area contributed by atoms with Crippen molar-refractivity contribution in [2.24, 2.45) is 5.41 Å². The number of H-pyrrole nitrogens is 1. The van der Waals surface area contributed by atoms with E-state index in [1.807, 2.05) is 4.90 Å². The van der Waals surface area contributed by atoms with Crippen LogP contribution in [0.5, 0.6) is 0 Å². The average Bonchev–Trinajstić information content (AvgIpc) is 2.67. The van der Waals surface area contributed by atoms with Crippen molar-refractivity contribution in [3.63, 3.8) is 0 Å². The molecule has 4 rings (SSSR count). The maximum absolute atomic E-state index is 13.1. The molecule has 1 N–H and O–H groups in total. The summed E-state index contributed by atoms with van der Waals surface area (Å²) < 4.78 is 11.4. The predicted molar refractivity (Wildman–Crippen MR) is 92.5 cm³/mol. The summed E-state index contributed by atoms with van der Waals surface area (Å²) in [6.07, 6.45) is 5.91. The minimum atomic E-state index is -0.242. The first kappa shape index (κ1) is 16.5. The van der Waals surface area contributed by atoms with Crippen molar-refractivity contribution in [1.29, 1.82) is 0 Å². The van der Waals surface area contributed by atoms with Gasteiger partial charge in [-0.2, -0.15) is 0 Å². The van der Waals surface area contributed by atoms with E-state index >= 15 is 0 Å². The molecule has 1 aromatic rings. The van der Waals surface area contributed by atoms with E-state index in [4.69, 9.17) is 9.47 Å². The zero-order chi connectivity index (χ0) is 17.3. The SMILES string of the molecule is O=C(c1cccc(=O)[nH]1)N1CCC[C@@]2(C3=CCOCC3)COCC[C@H]12. The number of carbonyl (C=O) groups is 1. The fourth-order valence-electron chi connectivity index (χ4n) is 4.65. The molecule has 2 fully saturated rings. The first-order chi connectivity index (χ1) is 12.2. The van der Waals surface area contributed by atoms with E-state index in [9.17, 15) is 9.59 Å². The second-order valence-electron chi connectivity index (χ2n) is 7.10. The Balaban J connectivity index is 1.68. The third-order valence-corrected chi connectivity index (χ3v) is 5.79. The van der Waals surface area contributed by atoms with Crippen LogP contribution >= 0.6 is 0 Å². The number of hydrogen-bond donors (Lipinski definition) is 1. The molecule has 0 unspecified atom stereocenters. The summed E-state index contributed by atoms with van der Waals surface area (Å²) in [7, 11) is 0. The predicted octanol–water partition coefficient (Wildman–Crippen LogP) is 1.73. The molecule has 3 aliphatic rings. The van der Waals surface area contributed by atoms with Gasteiger partial charge in [0.2, 0.25) is 5.56 Å². The maximum Gasteiger partial charge on any atom is 0.270 e. The second kappa shape index (κ2) is 6.77. The molecule has 6 heteroatoms. The van der Waals surface area contributed by atoms with E-state index in [1.54, 1.807) is 12.1 Å². The van der Waals surface area contributed by atoms with E-state index in [0.717, 1.165) is 38.8 Å². The van der Waals surface area contributed by atoms with E-state index in [1.165, 1.54) is 11.6 Å². The lowest BCUT2D eigenvalue weighted by Gasteiger charge is -2.54. The van der Waals surface area contributed by atoms with Gasteiger partial charge in [0.25, 0.3) is 5.91 Å². The van der Waals surface area contributed by atoms with Crippen molar-refractivity contribution in [3.05, 3.63) is 45.9 Å². The molecule has 25 heavy (non-hydrogen) atoms. The molecule has 0 spiro atoms. The van der Waals surface area contributed by atoms with Crippen molar-refractivity contribution in [1.82, 2.24) is 9.88 Å². The quantitative estimate of drug-likeness (QED) is 0.830. The normalized spacial score (nSPS) is 29.7. The van der Waals surface area contributed by atoms with Gasteiger partial charge in [-0.25, -0.2) is 0 Å². The van der Waals surface area contributed by atoms with Gasteiger partial charge in [-0.1, -0.05) is 17.7 Å². The number of piperidine rings is 1. The molecule has 2 atom stereocenters. The zero-order valence-corrected chi connectivity index (χ0v) is 14.3. The van der Waals surface area contributed by atoms with Crippen LogP contribution in [0.25, 0.3) is 0 Å². The molecule has 3 aliphatic heterocycles. The number of ether oxygens (including phenoxy) is 2. The molecule has 4 heterocycles. The van der Waals surface area contributed by atoms with E-state index in [2.05, 4.69) is 11.1 Å². The number of nitrogens with zero attached hydrogens (tertiary/aromatic N) is 1. The number of rotatable bonds is 2. The zero-order valence-electron chi connectivity index (χ0n) is 14.3. The van der Waals surface area contributed by atoms with Crippen LogP contribution in [0.4, 0.5) is 0 Å². The minimum Gasteiger partial charge on any atom is -0.380 e. The van der Waals surface area contributed by atoms with Gasteiger partial charge in [-0.3, -0.25) is 9.59 Å². The monoisotopic (exact) mass is 344 g/mol. The highest BCUT2D eigenvalue weighted by atomic mass is 16.5. The summed E-state index contributed by atoms with van der Waals surface area (Å²) in [6, 6.07) is 4.87. The topological polar surface area (TPSA) is 71.6 Å². The third kappa shape index (κ3) is 2.93. The van der Waals surface area contributed by atoms with Crippen LogP contribution in [0.2, 0.25) is 0 Å². The van der Waals surface area contributed by atoms with Gasteiger partial charge in [0, 0.05) is 30.7 Å². The number of pyridine rings is 1. The lowest BCUT2D eigenvalue weighted by atomic mass is 9.65. The summed E-state index contributed by atoms with van der Waals surface area (Å²) in [5.74, 6) is -0.0821. The Labute approximate surface area is 146 Å². The van der Waals surface area contributed by atoms with Crippen LogP contribution in [-0.4, -0.2) is 54.8 Å². The first-order valence-corrected chi connectivity index (χ1v) is 9.06. The van der Waals surface area contributed by atoms with E-state index in [0.29, 0.717) is 25.5 Å². The number of amides is 1. The Kier molecular flexibility index (Phi) is 4.48. The molecular formula is C19H24N2O4. The Morgan fingerprint density at radius 3 is 3.00 bits per heavy atom. The van der Waals surface area contributed by atoms with Crippen molar-refractivity contribution in [2.45, 2.75) is 31.7 Å². The highest BCUT2D eigenvalue weighted by Gasteiger charge is 2.50. The molecule has 0 aliphatic carbocycles. The van der Waals surface area contributed by atoms with Crippen molar-refractivity contribution < 1.29 is 14.3 Å². The van der Waals surface area contributed by atoms with Gasteiger partial charge in [-0.05, 0) is 31.7 Å². The highest BCUT2D eigenvalue weighted by molar-refractivity contribution is 5.92. The lowest BCUT2D eigenvalue weighted by molar-refractivity contribution is -0.0740. The number of likely N-dealkylation sites (tertiary alicyclic amines) is 1. The summed E-state index contributed by atoms with van der Waals surface area (Å²) in [6.45, 7) is 3.44. The number of nitrogens with one attached hydrogen (secondary N) is 1. The summed E-state index contributed by atoms with van der Waals surface area (Å²) in [5, 5.41) is 0. The number of aromatic amines is 1. The fourth-order valence-corrected chi connectivity index (χ4v) is 4.65. The third-order valence-electron chi connectivity index (χ3n) is 5.79. The molecule has 0 radical (unpaired) electrons. The lowest BCUT2D eigenvalue weighted by Crippen LogP contribution is -2.60. The number of hydrogen-bond acceptors (Lipinski definition) is 4. The van der Waals surface area contributed by atoms with Gasteiger partial charge in [0.05, 0.1) is 19.8 Å². The Hall–Kier alpha value is -1.92. The van der Waals surface area contributed by atoms with E-state index in [-0.39, 0.29) is 22.9 Å². The molecular weight excluding hydrogens is 320 g/mol. The van der Waals surface area contributed by atoms with Gasteiger partial charge >= 0.3 is 0 Å². The van der Waals surface area contributed by atoms with Crippen LogP contribution in [0, 0.1) is 5.41 Å². The number of fused-ring (bicyclic) bond motifs is 1. The highest BCUT2D eigenvalue weighted by Crippen LogP contribution is 2.48. The average molecular weight is 344 g/mol. The van der Waals surface area contributed by atoms with Gasteiger partial charge in [-0.15, -0.1) is 0 Å². The Morgan fingerprint density at radius 2 is 2.20 bits per heavy atom. The van der Waals surface area contributed by atoms with Crippen LogP contribution in [0.1, 0.15) is 36.2 Å². The number of aromatic nitrogens is 1. The summed E-state index contributed by atoms with van der Waals surface area (Å²) in [5.41, 5.74) is 1.40. The van der Waals surface area contributed by atoms with E-state index < -0.39 is 0 Å². The van der Waals surface area contributed by atoms with Crippen LogP contribution in [0.15, 0.2) is 34.6 Å². The van der Waals surface area contributed by atoms with Crippen LogP contribution < -0.4 is 5.56 Å². The number of carbonyl (C=O) groups excluding carboxylic acids is 1. The smallest absolute Gasteiger partial charge is 0.270 e. The van der Waals surface area contributed by atoms with Crippen LogP contribution in [-0.2, 0) is 9.47 Å². The fraction of sp³-hybridized carbons (Fsp3) is 0.579. The molecule has 6 nitrogen and oxygen atoms in total. The van der Waals surface area contributed by atoms with Gasteiger partial charge < -0.3 is 19.4 Å². The van der Waals surface area contributed by atoms with Crippen LogP contribution in [0.3, 0.4) is 0 Å². The largest absolute Gasteiger partial charge is 0.380 e. The Bertz CT molecular complexity index is 737. The van der Waals surface area contributed by atoms with Crippen molar-refractivity contribution >= 4 is 5.91 Å². The molecule has 0 bridgehead atoms. The molecule has 1 aromatic heterocycles. The Morgan fingerprint density at radius 1 is 1.28 bits per heavy atom. The molecule has 2 saturated heterocycles. The second-order valence-corrected chi connectivity index (χ2v) is 7.10. The minimum absolute atomic E-state index is 0.0821. The first-order valence-electron chi connectivity index (χ1n) is 9.06. The maximum atomic E-state index is 13.1. The molecule has 0 saturated carbocycles. The molecule has 1 amide bonds. The molecule has 0 aromatic carbocycles. The van der Waals surface area contributed by atoms with Crippen molar-refractivity contribution in [2.75, 3.05) is 33.0 Å². The molecule has 134 valence electrons. The van der Waals surface area contributed by atoms with Crippen molar-refractivity contribution in [3.8, 4) is 0 Å². The van der Waals surface area contributed by atoms with Gasteiger partial charge in [0.15, 0.2) is 0 Å². The standard InChI is InChI=1S/C19H24N2O4/c22-17-4-1-3-15(20-17)18(23)21-9-2-8-19(13-25-12-7-16(19)21)14-5-10-24-11-6-14/h1,3-5,16H,2,6-13H2,(H,20,22)/t16-,19-/m0/s1.